The number of carbonyl (C=O) groups excluding carboxylic acids is 1. The second-order valence-corrected chi connectivity index (χ2v) is 3.83. The molecular weight excluding hydrogens is 217 g/mol. The molecule has 0 aliphatic rings. The van der Waals surface area contributed by atoms with Crippen LogP contribution in [0.2, 0.25) is 0 Å². The van der Waals surface area contributed by atoms with E-state index in [1.54, 1.807) is 0 Å². The molecule has 0 heterocycles. The molecule has 0 fully saturated rings. The predicted molar refractivity (Wildman–Crippen MR) is 64.2 cm³/mol. The Balaban J connectivity index is 2.37. The summed E-state index contributed by atoms with van der Waals surface area (Å²) in [5.41, 5.74) is 7.26. The van der Waals surface area contributed by atoms with E-state index in [0.717, 1.165) is 5.56 Å². The van der Waals surface area contributed by atoms with Gasteiger partial charge in [-0.15, -0.1) is 0 Å². The van der Waals surface area contributed by atoms with Gasteiger partial charge >= 0.3 is 0 Å². The van der Waals surface area contributed by atoms with E-state index in [2.05, 4.69) is 0 Å². The molecule has 0 spiro atoms. The molecule has 2 aromatic carbocycles. The lowest BCUT2D eigenvalue weighted by Crippen LogP contribution is -2.14. The highest BCUT2D eigenvalue weighted by Crippen LogP contribution is 2.15. The van der Waals surface area contributed by atoms with Crippen LogP contribution in [0.25, 0.3) is 0 Å². The van der Waals surface area contributed by atoms with Crippen LogP contribution in [-0.4, -0.2) is 5.91 Å². The number of hydrogen-bond acceptors (Lipinski definition) is 1. The average Bonchev–Trinajstić information content (AvgIpc) is 2.30. The molecule has 2 rings (SSSR count). The number of amides is 1. The second kappa shape index (κ2) is 4.78. The Bertz CT molecular complexity index is 537. The molecule has 0 aliphatic heterocycles. The van der Waals surface area contributed by atoms with Gasteiger partial charge in [-0.2, -0.15) is 0 Å². The zero-order valence-corrected chi connectivity index (χ0v) is 9.19. The minimum absolute atomic E-state index is 0.360. The second-order valence-electron chi connectivity index (χ2n) is 3.83. The first-order valence-corrected chi connectivity index (χ1v) is 5.29. The van der Waals surface area contributed by atoms with Gasteiger partial charge in [0.2, 0.25) is 5.91 Å². The summed E-state index contributed by atoms with van der Waals surface area (Å²) in [5.74, 6) is -0.892. The molecule has 17 heavy (non-hydrogen) atoms. The van der Waals surface area contributed by atoms with Crippen molar-refractivity contribution in [2.24, 2.45) is 5.73 Å². The summed E-state index contributed by atoms with van der Waals surface area (Å²) in [6.07, 6.45) is 0.497. The number of nitrogens with two attached hydrogens (primary N) is 1. The van der Waals surface area contributed by atoms with Crippen LogP contribution >= 0.6 is 0 Å². The lowest BCUT2D eigenvalue weighted by atomic mass is 9.99. The summed E-state index contributed by atoms with van der Waals surface area (Å²) in [6, 6.07) is 13.6. The molecule has 86 valence electrons. The Morgan fingerprint density at radius 2 is 1.82 bits per heavy atom. The topological polar surface area (TPSA) is 43.1 Å². The van der Waals surface area contributed by atoms with Gasteiger partial charge in [0, 0.05) is 5.56 Å². The average molecular weight is 229 g/mol. The summed E-state index contributed by atoms with van der Waals surface area (Å²) < 4.78 is 13.2. The SMILES string of the molecule is NC(=O)c1ccc(F)cc1Cc1ccccc1. The zero-order valence-electron chi connectivity index (χ0n) is 9.19. The standard InChI is InChI=1S/C14H12FNO/c15-12-6-7-13(14(16)17)11(9-12)8-10-4-2-1-3-5-10/h1-7,9H,8H2,(H2,16,17). The first-order valence-electron chi connectivity index (χ1n) is 5.29. The zero-order chi connectivity index (χ0) is 12.3. The fourth-order valence-corrected chi connectivity index (χ4v) is 1.76. The fraction of sp³-hybridized carbons (Fsp3) is 0.0714. The Labute approximate surface area is 98.9 Å². The van der Waals surface area contributed by atoms with Gasteiger partial charge in [0.05, 0.1) is 0 Å². The van der Waals surface area contributed by atoms with Crippen molar-refractivity contribution in [1.29, 1.82) is 0 Å². The van der Waals surface area contributed by atoms with Gasteiger partial charge < -0.3 is 5.73 Å². The molecule has 0 aliphatic carbocycles. The minimum Gasteiger partial charge on any atom is -0.366 e. The molecule has 2 N–H and O–H groups in total. The van der Waals surface area contributed by atoms with Crippen molar-refractivity contribution in [3.8, 4) is 0 Å². The lowest BCUT2D eigenvalue weighted by molar-refractivity contribution is 0.0999. The van der Waals surface area contributed by atoms with Crippen molar-refractivity contribution in [2.45, 2.75) is 6.42 Å². The number of carbonyl (C=O) groups is 1. The van der Waals surface area contributed by atoms with E-state index in [1.807, 2.05) is 30.3 Å². The van der Waals surface area contributed by atoms with Crippen LogP contribution in [0.5, 0.6) is 0 Å². The Hall–Kier alpha value is -2.16. The highest BCUT2D eigenvalue weighted by atomic mass is 19.1. The molecular formula is C14H12FNO. The molecule has 0 aromatic heterocycles. The summed E-state index contributed by atoms with van der Waals surface area (Å²) in [5, 5.41) is 0. The van der Waals surface area contributed by atoms with E-state index in [1.165, 1.54) is 18.2 Å². The lowest BCUT2D eigenvalue weighted by Gasteiger charge is -2.07. The van der Waals surface area contributed by atoms with Gasteiger partial charge in [0.1, 0.15) is 5.82 Å². The third-order valence-corrected chi connectivity index (χ3v) is 2.57. The molecule has 0 atom stereocenters. The third-order valence-electron chi connectivity index (χ3n) is 2.57. The maximum absolute atomic E-state index is 13.2. The summed E-state index contributed by atoms with van der Waals surface area (Å²) in [7, 11) is 0. The van der Waals surface area contributed by atoms with E-state index in [0.29, 0.717) is 17.5 Å². The van der Waals surface area contributed by atoms with Gasteiger partial charge in [0.25, 0.3) is 0 Å². The van der Waals surface area contributed by atoms with Gasteiger partial charge in [-0.25, -0.2) is 4.39 Å². The van der Waals surface area contributed by atoms with Crippen molar-refractivity contribution in [3.63, 3.8) is 0 Å². The van der Waals surface area contributed by atoms with Crippen molar-refractivity contribution >= 4 is 5.91 Å². The molecule has 0 radical (unpaired) electrons. The van der Waals surface area contributed by atoms with Gasteiger partial charge in [-0.3, -0.25) is 4.79 Å². The van der Waals surface area contributed by atoms with Crippen molar-refractivity contribution in [3.05, 3.63) is 71.0 Å². The van der Waals surface area contributed by atoms with Gasteiger partial charge in [0.15, 0.2) is 0 Å². The van der Waals surface area contributed by atoms with Crippen LogP contribution in [0.1, 0.15) is 21.5 Å². The monoisotopic (exact) mass is 229 g/mol. The van der Waals surface area contributed by atoms with Crippen molar-refractivity contribution < 1.29 is 9.18 Å². The van der Waals surface area contributed by atoms with Crippen LogP contribution in [0, 0.1) is 5.82 Å². The van der Waals surface area contributed by atoms with Crippen molar-refractivity contribution in [2.75, 3.05) is 0 Å². The van der Waals surface area contributed by atoms with E-state index in [9.17, 15) is 9.18 Å². The third kappa shape index (κ3) is 2.69. The van der Waals surface area contributed by atoms with E-state index >= 15 is 0 Å². The Morgan fingerprint density at radius 1 is 1.12 bits per heavy atom. The maximum Gasteiger partial charge on any atom is 0.248 e. The normalized spacial score (nSPS) is 10.2. The Kier molecular flexibility index (Phi) is 3.19. The minimum atomic E-state index is -0.532. The first-order chi connectivity index (χ1) is 8.16. The number of primary amides is 1. The molecule has 0 saturated carbocycles. The Morgan fingerprint density at radius 3 is 2.47 bits per heavy atom. The quantitative estimate of drug-likeness (QED) is 0.863. The maximum atomic E-state index is 13.2. The molecule has 0 bridgehead atoms. The number of hydrogen-bond donors (Lipinski definition) is 1. The van der Waals surface area contributed by atoms with Crippen LogP contribution < -0.4 is 5.73 Å². The summed E-state index contributed by atoms with van der Waals surface area (Å²) >= 11 is 0. The molecule has 2 nitrogen and oxygen atoms in total. The molecule has 3 heteroatoms. The number of rotatable bonds is 3. The van der Waals surface area contributed by atoms with Crippen molar-refractivity contribution in [1.82, 2.24) is 0 Å². The van der Waals surface area contributed by atoms with Gasteiger partial charge in [-0.1, -0.05) is 30.3 Å². The van der Waals surface area contributed by atoms with Crippen LogP contribution in [0.3, 0.4) is 0 Å². The molecule has 1 amide bonds. The summed E-state index contributed by atoms with van der Waals surface area (Å²) in [6.45, 7) is 0. The largest absolute Gasteiger partial charge is 0.366 e. The smallest absolute Gasteiger partial charge is 0.248 e. The van der Waals surface area contributed by atoms with Crippen LogP contribution in [-0.2, 0) is 6.42 Å². The fourth-order valence-electron chi connectivity index (χ4n) is 1.76. The first kappa shape index (κ1) is 11.3. The molecule has 2 aromatic rings. The number of halogens is 1. The highest BCUT2D eigenvalue weighted by molar-refractivity contribution is 5.94. The van der Waals surface area contributed by atoms with E-state index in [4.69, 9.17) is 5.73 Å². The van der Waals surface area contributed by atoms with E-state index in [-0.39, 0.29) is 5.82 Å². The van der Waals surface area contributed by atoms with Crippen LogP contribution in [0.4, 0.5) is 4.39 Å². The molecule has 0 saturated heterocycles. The van der Waals surface area contributed by atoms with Gasteiger partial charge in [-0.05, 0) is 35.7 Å². The molecule has 0 unspecified atom stereocenters. The van der Waals surface area contributed by atoms with E-state index < -0.39 is 5.91 Å². The number of benzene rings is 2. The summed E-state index contributed by atoms with van der Waals surface area (Å²) in [4.78, 5) is 11.2. The highest BCUT2D eigenvalue weighted by Gasteiger charge is 2.09. The predicted octanol–water partition coefficient (Wildman–Crippen LogP) is 2.52. The van der Waals surface area contributed by atoms with Crippen LogP contribution in [0.15, 0.2) is 48.5 Å².